The van der Waals surface area contributed by atoms with Gasteiger partial charge in [-0.3, -0.25) is 4.79 Å². The summed E-state index contributed by atoms with van der Waals surface area (Å²) >= 11 is 0. The second-order valence-electron chi connectivity index (χ2n) is 6.90. The normalized spacial score (nSPS) is 16.3. The van der Waals surface area contributed by atoms with Gasteiger partial charge in [-0.1, -0.05) is 72.8 Å². The second kappa shape index (κ2) is 7.30. The number of benzene rings is 3. The molecule has 3 nitrogen and oxygen atoms in total. The Bertz CT molecular complexity index is 893. The van der Waals surface area contributed by atoms with Gasteiger partial charge in [0.2, 0.25) is 0 Å². The van der Waals surface area contributed by atoms with E-state index in [1.165, 1.54) is 0 Å². The standard InChI is InChI=1S/C23H23NO2/c25-22(17-19-9-6-8-18-7-4-5-12-21(18)19)26-23(13-15-24-16-14-23)20-10-2-1-3-11-20/h1-12,24H,13-17H2. The maximum atomic E-state index is 12.9. The summed E-state index contributed by atoms with van der Waals surface area (Å²) in [6.45, 7) is 1.72. The molecule has 0 atom stereocenters. The molecular formula is C23H23NO2. The van der Waals surface area contributed by atoms with Gasteiger partial charge in [0, 0.05) is 12.8 Å². The summed E-state index contributed by atoms with van der Waals surface area (Å²) in [6.07, 6.45) is 1.90. The van der Waals surface area contributed by atoms with Crippen molar-refractivity contribution in [1.29, 1.82) is 0 Å². The Labute approximate surface area is 154 Å². The number of fused-ring (bicyclic) bond motifs is 1. The number of ether oxygens (including phenoxy) is 1. The highest BCUT2D eigenvalue weighted by molar-refractivity contribution is 5.89. The summed E-state index contributed by atoms with van der Waals surface area (Å²) in [5.41, 5.74) is 1.59. The van der Waals surface area contributed by atoms with E-state index in [1.54, 1.807) is 0 Å². The lowest BCUT2D eigenvalue weighted by molar-refractivity contribution is -0.163. The predicted octanol–water partition coefficient (Wildman–Crippen LogP) is 4.20. The number of hydrogen-bond acceptors (Lipinski definition) is 3. The molecule has 132 valence electrons. The molecule has 3 heteroatoms. The van der Waals surface area contributed by atoms with E-state index in [0.717, 1.165) is 47.8 Å². The second-order valence-corrected chi connectivity index (χ2v) is 6.90. The van der Waals surface area contributed by atoms with Crippen LogP contribution in [0.2, 0.25) is 0 Å². The molecular weight excluding hydrogens is 322 g/mol. The molecule has 0 amide bonds. The Morgan fingerprint density at radius 2 is 1.58 bits per heavy atom. The van der Waals surface area contributed by atoms with Crippen molar-refractivity contribution >= 4 is 16.7 Å². The van der Waals surface area contributed by atoms with Gasteiger partial charge in [0.1, 0.15) is 5.60 Å². The molecule has 0 unspecified atom stereocenters. The van der Waals surface area contributed by atoms with E-state index in [2.05, 4.69) is 35.6 Å². The average Bonchev–Trinajstić information content (AvgIpc) is 2.70. The zero-order valence-electron chi connectivity index (χ0n) is 14.8. The summed E-state index contributed by atoms with van der Waals surface area (Å²) in [4.78, 5) is 12.9. The van der Waals surface area contributed by atoms with Crippen LogP contribution >= 0.6 is 0 Å². The van der Waals surface area contributed by atoms with Crippen LogP contribution in [-0.4, -0.2) is 19.1 Å². The Hall–Kier alpha value is -2.65. The third-order valence-electron chi connectivity index (χ3n) is 5.24. The van der Waals surface area contributed by atoms with Crippen molar-refractivity contribution in [3.05, 3.63) is 83.9 Å². The van der Waals surface area contributed by atoms with E-state index in [0.29, 0.717) is 6.42 Å². The van der Waals surface area contributed by atoms with Gasteiger partial charge in [-0.2, -0.15) is 0 Å². The summed E-state index contributed by atoms with van der Waals surface area (Å²) < 4.78 is 6.14. The van der Waals surface area contributed by atoms with Crippen molar-refractivity contribution in [3.63, 3.8) is 0 Å². The van der Waals surface area contributed by atoms with Gasteiger partial charge in [0.15, 0.2) is 0 Å². The quantitative estimate of drug-likeness (QED) is 0.720. The molecule has 1 aliphatic heterocycles. The SMILES string of the molecule is O=C(Cc1cccc2ccccc12)OC1(c2ccccc2)CCNCC1. The van der Waals surface area contributed by atoms with E-state index in [4.69, 9.17) is 4.74 Å². The van der Waals surface area contributed by atoms with Crippen LogP contribution < -0.4 is 5.32 Å². The third-order valence-corrected chi connectivity index (χ3v) is 5.24. The van der Waals surface area contributed by atoms with E-state index >= 15 is 0 Å². The Kier molecular flexibility index (Phi) is 4.72. The summed E-state index contributed by atoms with van der Waals surface area (Å²) in [6, 6.07) is 24.4. The van der Waals surface area contributed by atoms with Crippen molar-refractivity contribution in [3.8, 4) is 0 Å². The van der Waals surface area contributed by atoms with E-state index < -0.39 is 5.60 Å². The highest BCUT2D eigenvalue weighted by atomic mass is 16.6. The van der Waals surface area contributed by atoms with Crippen molar-refractivity contribution in [1.82, 2.24) is 5.32 Å². The largest absolute Gasteiger partial charge is 0.454 e. The van der Waals surface area contributed by atoms with Gasteiger partial charge in [-0.25, -0.2) is 0 Å². The molecule has 0 aromatic heterocycles. The summed E-state index contributed by atoms with van der Waals surface area (Å²) in [5.74, 6) is -0.160. The molecule has 4 rings (SSSR count). The van der Waals surface area contributed by atoms with Crippen molar-refractivity contribution in [2.75, 3.05) is 13.1 Å². The maximum Gasteiger partial charge on any atom is 0.311 e. The molecule has 0 saturated carbocycles. The first kappa shape index (κ1) is 16.8. The molecule has 1 saturated heterocycles. The van der Waals surface area contributed by atoms with Crippen molar-refractivity contribution in [2.45, 2.75) is 24.9 Å². The Morgan fingerprint density at radius 3 is 2.38 bits per heavy atom. The van der Waals surface area contributed by atoms with Gasteiger partial charge in [-0.15, -0.1) is 0 Å². The fourth-order valence-electron chi connectivity index (χ4n) is 3.88. The van der Waals surface area contributed by atoms with E-state index in [-0.39, 0.29) is 5.97 Å². The lowest BCUT2D eigenvalue weighted by Gasteiger charge is -2.37. The van der Waals surface area contributed by atoms with Crippen LogP contribution in [0.1, 0.15) is 24.0 Å². The highest BCUT2D eigenvalue weighted by Crippen LogP contribution is 2.35. The topological polar surface area (TPSA) is 38.3 Å². The minimum Gasteiger partial charge on any atom is -0.454 e. The summed E-state index contributed by atoms with van der Waals surface area (Å²) in [7, 11) is 0. The number of esters is 1. The van der Waals surface area contributed by atoms with Crippen LogP contribution in [-0.2, 0) is 21.6 Å². The number of piperidine rings is 1. The average molecular weight is 345 g/mol. The zero-order chi connectivity index (χ0) is 17.8. The van der Waals surface area contributed by atoms with Crippen LogP contribution in [0.4, 0.5) is 0 Å². The van der Waals surface area contributed by atoms with Gasteiger partial charge in [-0.05, 0) is 35.0 Å². The lowest BCUT2D eigenvalue weighted by atomic mass is 9.84. The Balaban J connectivity index is 1.59. The van der Waals surface area contributed by atoms with Crippen LogP contribution in [0.5, 0.6) is 0 Å². The van der Waals surface area contributed by atoms with Crippen LogP contribution in [0.3, 0.4) is 0 Å². The highest BCUT2D eigenvalue weighted by Gasteiger charge is 2.37. The monoisotopic (exact) mass is 345 g/mol. The Morgan fingerprint density at radius 1 is 0.885 bits per heavy atom. The first-order valence-electron chi connectivity index (χ1n) is 9.22. The number of carbonyl (C=O) groups excluding carboxylic acids is 1. The minimum atomic E-state index is -0.520. The fraction of sp³-hybridized carbons (Fsp3) is 0.261. The first-order valence-corrected chi connectivity index (χ1v) is 9.22. The minimum absolute atomic E-state index is 0.160. The van der Waals surface area contributed by atoms with Crippen LogP contribution in [0, 0.1) is 0 Å². The summed E-state index contributed by atoms with van der Waals surface area (Å²) in [5, 5.41) is 5.63. The molecule has 1 N–H and O–H groups in total. The van der Waals surface area contributed by atoms with E-state index in [1.807, 2.05) is 42.5 Å². The van der Waals surface area contributed by atoms with Gasteiger partial charge < -0.3 is 10.1 Å². The lowest BCUT2D eigenvalue weighted by Crippen LogP contribution is -2.43. The molecule has 3 aromatic carbocycles. The molecule has 26 heavy (non-hydrogen) atoms. The molecule has 0 bridgehead atoms. The third kappa shape index (κ3) is 3.35. The number of carbonyl (C=O) groups is 1. The molecule has 1 aliphatic rings. The maximum absolute atomic E-state index is 12.9. The number of rotatable bonds is 4. The molecule has 1 heterocycles. The molecule has 0 spiro atoms. The predicted molar refractivity (Wildman–Crippen MR) is 104 cm³/mol. The van der Waals surface area contributed by atoms with Gasteiger partial charge in [0.05, 0.1) is 6.42 Å². The number of nitrogens with one attached hydrogen (secondary N) is 1. The molecule has 1 fully saturated rings. The zero-order valence-corrected chi connectivity index (χ0v) is 14.8. The van der Waals surface area contributed by atoms with Gasteiger partial charge >= 0.3 is 5.97 Å². The van der Waals surface area contributed by atoms with Gasteiger partial charge in [0.25, 0.3) is 0 Å². The molecule has 0 aliphatic carbocycles. The van der Waals surface area contributed by atoms with Crippen LogP contribution in [0.25, 0.3) is 10.8 Å². The number of hydrogen-bond donors (Lipinski definition) is 1. The molecule has 3 aromatic rings. The smallest absolute Gasteiger partial charge is 0.311 e. The van der Waals surface area contributed by atoms with E-state index in [9.17, 15) is 4.79 Å². The fourth-order valence-corrected chi connectivity index (χ4v) is 3.88. The van der Waals surface area contributed by atoms with Crippen LogP contribution in [0.15, 0.2) is 72.8 Å². The van der Waals surface area contributed by atoms with Crippen molar-refractivity contribution < 1.29 is 9.53 Å². The first-order chi connectivity index (χ1) is 12.8. The van der Waals surface area contributed by atoms with Crippen molar-refractivity contribution in [2.24, 2.45) is 0 Å². The molecule has 0 radical (unpaired) electrons.